The number of thiophene rings is 1. The Morgan fingerprint density at radius 1 is 1.09 bits per heavy atom. The van der Waals surface area contributed by atoms with Crippen LogP contribution in [0.1, 0.15) is 28.3 Å². The molecule has 35 heavy (non-hydrogen) atoms. The molecule has 182 valence electrons. The smallest absolute Gasteiger partial charge is 0.346 e. The molecule has 0 fully saturated rings. The summed E-state index contributed by atoms with van der Waals surface area (Å²) in [4.78, 5) is 38.8. The number of methoxy groups -OCH3 is 1. The average Bonchev–Trinajstić information content (AvgIpc) is 3.22. The zero-order valence-corrected chi connectivity index (χ0v) is 18.6. The second-order valence-corrected chi connectivity index (χ2v) is 8.08. The van der Waals surface area contributed by atoms with E-state index in [4.69, 9.17) is 9.47 Å². The number of benzene rings is 2. The van der Waals surface area contributed by atoms with Crippen LogP contribution in [0.5, 0.6) is 11.5 Å². The highest BCUT2D eigenvalue weighted by atomic mass is 32.1. The van der Waals surface area contributed by atoms with E-state index in [9.17, 15) is 37.1 Å². The zero-order valence-electron chi connectivity index (χ0n) is 17.8. The first-order valence-corrected chi connectivity index (χ1v) is 10.6. The molecule has 2 aromatic heterocycles. The second-order valence-electron chi connectivity index (χ2n) is 7.20. The number of nitrogens with one attached hydrogen (secondary N) is 1. The topological polar surface area (TPSA) is 111 Å². The highest BCUT2D eigenvalue weighted by Crippen LogP contribution is 2.34. The van der Waals surface area contributed by atoms with Gasteiger partial charge in [-0.15, -0.1) is 11.3 Å². The van der Waals surface area contributed by atoms with Gasteiger partial charge >= 0.3 is 11.7 Å². The molecule has 0 aliphatic carbocycles. The van der Waals surface area contributed by atoms with Gasteiger partial charge in [0, 0.05) is 17.5 Å². The van der Waals surface area contributed by atoms with Crippen LogP contribution in [0.2, 0.25) is 0 Å². The van der Waals surface area contributed by atoms with Gasteiger partial charge in [0.1, 0.15) is 16.7 Å². The van der Waals surface area contributed by atoms with Crippen molar-refractivity contribution in [1.82, 2.24) is 9.55 Å². The highest BCUT2D eigenvalue weighted by molar-refractivity contribution is 7.13. The molecule has 1 unspecified atom stereocenters. The maximum Gasteiger partial charge on any atom is 0.346 e. The van der Waals surface area contributed by atoms with Crippen LogP contribution in [-0.2, 0) is 0 Å². The minimum Gasteiger partial charge on any atom is -0.496 e. The number of H-pyrrole nitrogens is 1. The second kappa shape index (κ2) is 8.91. The Bertz CT molecular complexity index is 1610. The van der Waals surface area contributed by atoms with Crippen molar-refractivity contribution >= 4 is 28.2 Å². The van der Waals surface area contributed by atoms with E-state index in [1.54, 1.807) is 0 Å². The van der Waals surface area contributed by atoms with Gasteiger partial charge in [0.2, 0.25) is 0 Å². The van der Waals surface area contributed by atoms with Gasteiger partial charge in [0.25, 0.3) is 5.56 Å². The summed E-state index contributed by atoms with van der Waals surface area (Å²) >= 11 is 0.680. The first kappa shape index (κ1) is 24.0. The number of ether oxygens (including phenoxy) is 2. The lowest BCUT2D eigenvalue weighted by Crippen LogP contribution is -2.34. The van der Waals surface area contributed by atoms with E-state index in [1.807, 2.05) is 0 Å². The molecule has 13 heteroatoms. The van der Waals surface area contributed by atoms with E-state index in [0.717, 1.165) is 12.1 Å². The average molecular weight is 510 g/mol. The molecule has 8 nitrogen and oxygen atoms in total. The van der Waals surface area contributed by atoms with Crippen molar-refractivity contribution in [3.8, 4) is 17.2 Å². The fraction of sp³-hybridized carbons (Fsp3) is 0.136. The molecule has 2 N–H and O–H groups in total. The fourth-order valence-corrected chi connectivity index (χ4v) is 4.38. The molecular formula is C22H14F4N2O6S. The van der Waals surface area contributed by atoms with Crippen LogP contribution < -0.4 is 20.7 Å². The molecule has 0 radical (unpaired) electrons. The predicted octanol–water partition coefficient (Wildman–Crippen LogP) is 4.14. The van der Waals surface area contributed by atoms with Gasteiger partial charge in [0.05, 0.1) is 29.3 Å². The summed E-state index contributed by atoms with van der Waals surface area (Å²) in [6, 6.07) is 2.97. The number of aromatic nitrogens is 2. The monoisotopic (exact) mass is 510 g/mol. The minimum atomic E-state index is -1.44. The Balaban J connectivity index is 1.87. The third-order valence-corrected chi connectivity index (χ3v) is 6.08. The molecule has 4 aromatic rings. The molecule has 0 saturated carbocycles. The molecule has 0 aliphatic heterocycles. The number of rotatable bonds is 6. The maximum absolute atomic E-state index is 14.7. The number of hydrogen-bond donors (Lipinski definition) is 2. The van der Waals surface area contributed by atoms with Crippen molar-refractivity contribution in [2.75, 3.05) is 7.11 Å². The maximum atomic E-state index is 14.7. The third kappa shape index (κ3) is 4.03. The number of halogens is 4. The van der Waals surface area contributed by atoms with Gasteiger partial charge in [-0.2, -0.15) is 0 Å². The zero-order chi connectivity index (χ0) is 25.6. The van der Waals surface area contributed by atoms with Gasteiger partial charge in [-0.3, -0.25) is 4.79 Å². The quantitative estimate of drug-likeness (QED) is 0.377. The van der Waals surface area contributed by atoms with Crippen molar-refractivity contribution in [2.24, 2.45) is 0 Å². The number of hydrogen-bond acceptors (Lipinski definition) is 6. The third-order valence-electron chi connectivity index (χ3n) is 5.11. The Labute approximate surface area is 196 Å². The normalized spacial score (nSPS) is 12.1. The highest BCUT2D eigenvalue weighted by Gasteiger charge is 2.25. The Hall–Kier alpha value is -4.13. The number of carbonyl (C=O) groups is 1. The summed E-state index contributed by atoms with van der Waals surface area (Å²) in [5.41, 5.74) is -3.50. The summed E-state index contributed by atoms with van der Waals surface area (Å²) in [6.07, 6.45) is -1.36. The van der Waals surface area contributed by atoms with Crippen molar-refractivity contribution in [1.29, 1.82) is 0 Å². The van der Waals surface area contributed by atoms with E-state index in [-0.39, 0.29) is 21.2 Å². The number of carboxylic acids is 1. The lowest BCUT2D eigenvalue weighted by molar-refractivity contribution is 0.0704. The number of aromatic amines is 1. The summed E-state index contributed by atoms with van der Waals surface area (Å²) in [7, 11) is 1.20. The van der Waals surface area contributed by atoms with E-state index < -0.39 is 68.5 Å². The molecule has 4 rings (SSSR count). The molecule has 0 aliphatic rings. The van der Waals surface area contributed by atoms with Crippen LogP contribution in [0.3, 0.4) is 0 Å². The largest absolute Gasteiger partial charge is 0.496 e. The number of aromatic carboxylic acids is 1. The van der Waals surface area contributed by atoms with Gasteiger partial charge in [-0.05, 0) is 19.1 Å². The number of carboxylic acid groups (broad SMARTS) is 1. The number of nitrogens with zero attached hydrogens (tertiary/aromatic N) is 1. The molecule has 0 spiro atoms. The van der Waals surface area contributed by atoms with Crippen LogP contribution >= 0.6 is 11.3 Å². The molecule has 0 amide bonds. The number of fused-ring (bicyclic) bond motifs is 1. The molecule has 0 saturated heterocycles. The van der Waals surface area contributed by atoms with Crippen LogP contribution in [0.25, 0.3) is 16.6 Å². The van der Waals surface area contributed by atoms with Gasteiger partial charge in [0.15, 0.2) is 29.0 Å². The lowest BCUT2D eigenvalue weighted by atomic mass is 10.1. The summed E-state index contributed by atoms with van der Waals surface area (Å²) in [5.74, 6) is -7.36. The van der Waals surface area contributed by atoms with E-state index in [0.29, 0.717) is 23.5 Å². The molecular weight excluding hydrogens is 496 g/mol. The molecule has 1 atom stereocenters. The van der Waals surface area contributed by atoms with Crippen LogP contribution in [0, 0.1) is 23.3 Å². The summed E-state index contributed by atoms with van der Waals surface area (Å²) in [6.45, 7) is 1.25. The standard InChI is InChI=1S/C22H14F4N2O6S/c1-8(16-14(33-2)4-3-9(23)18(16)26)34-15-6-13(10(24)5-11(15)25)28-20(29)17-12(27-22(28)32)7-35-19(17)21(30)31/h3-8H,1-2H3,(H,27,32)(H,30,31). The van der Waals surface area contributed by atoms with E-state index >= 15 is 0 Å². The van der Waals surface area contributed by atoms with Crippen LogP contribution in [0.15, 0.2) is 39.2 Å². The molecule has 0 bridgehead atoms. The van der Waals surface area contributed by atoms with Crippen molar-refractivity contribution < 1.29 is 36.9 Å². The minimum absolute atomic E-state index is 0.0695. The Morgan fingerprint density at radius 3 is 2.46 bits per heavy atom. The van der Waals surface area contributed by atoms with E-state index in [1.165, 1.54) is 19.4 Å². The van der Waals surface area contributed by atoms with Gasteiger partial charge in [-0.1, -0.05) is 0 Å². The summed E-state index contributed by atoms with van der Waals surface area (Å²) < 4.78 is 68.1. The van der Waals surface area contributed by atoms with Crippen molar-refractivity contribution in [3.63, 3.8) is 0 Å². The lowest BCUT2D eigenvalue weighted by Gasteiger charge is -2.20. The molecule has 2 heterocycles. The van der Waals surface area contributed by atoms with Crippen molar-refractivity contribution in [2.45, 2.75) is 13.0 Å². The van der Waals surface area contributed by atoms with E-state index in [2.05, 4.69) is 4.98 Å². The Morgan fingerprint density at radius 2 is 1.80 bits per heavy atom. The SMILES string of the molecule is COc1ccc(F)c(F)c1C(C)Oc1cc(-n2c(=O)[nH]c3csc(C(=O)O)c3c2=O)c(F)cc1F. The molecule has 2 aromatic carbocycles. The first-order valence-electron chi connectivity index (χ1n) is 9.72. The fourth-order valence-electron chi connectivity index (χ4n) is 3.55. The van der Waals surface area contributed by atoms with Crippen LogP contribution in [0.4, 0.5) is 17.6 Å². The summed E-state index contributed by atoms with van der Waals surface area (Å²) in [5, 5.41) is 10.2. The predicted molar refractivity (Wildman–Crippen MR) is 117 cm³/mol. The van der Waals surface area contributed by atoms with Gasteiger partial charge in [-0.25, -0.2) is 31.7 Å². The van der Waals surface area contributed by atoms with Gasteiger partial charge < -0.3 is 19.6 Å². The first-order chi connectivity index (χ1) is 16.5. The van der Waals surface area contributed by atoms with Crippen molar-refractivity contribution in [3.05, 3.63) is 84.2 Å². The Kier molecular flexibility index (Phi) is 6.11. The van der Waals surface area contributed by atoms with Crippen LogP contribution in [-0.4, -0.2) is 27.7 Å².